The van der Waals surface area contributed by atoms with Crippen LogP contribution >= 0.6 is 24.1 Å². The third-order valence-electron chi connectivity index (χ3n) is 1.23. The van der Waals surface area contributed by atoms with Crippen molar-refractivity contribution in [3.05, 3.63) is 12.0 Å². The summed E-state index contributed by atoms with van der Waals surface area (Å²) >= 11 is 1.09. The summed E-state index contributed by atoms with van der Waals surface area (Å²) in [5.74, 6) is 0.835. The van der Waals surface area contributed by atoms with Crippen molar-refractivity contribution in [1.29, 1.82) is 0 Å². The first-order chi connectivity index (χ1) is 5.90. The zero-order chi connectivity index (χ0) is 8.39. The maximum atomic E-state index is 5.30. The molecule has 0 amide bonds. The van der Waals surface area contributed by atoms with Crippen molar-refractivity contribution in [3.8, 4) is 11.6 Å². The summed E-state index contributed by atoms with van der Waals surface area (Å²) in [7, 11) is 0. The maximum absolute atomic E-state index is 5.30. The van der Waals surface area contributed by atoms with E-state index in [0.29, 0.717) is 17.4 Å². The molecule has 0 unspecified atom stereocenters. The zero-order valence-corrected chi connectivity index (χ0v) is 8.01. The Morgan fingerprint density at radius 1 is 1.54 bits per heavy atom. The van der Waals surface area contributed by atoms with E-state index in [9.17, 15) is 0 Å². The van der Waals surface area contributed by atoms with Gasteiger partial charge in [0.25, 0.3) is 5.89 Å². The van der Waals surface area contributed by atoms with Crippen molar-refractivity contribution in [1.82, 2.24) is 18.9 Å². The lowest BCUT2D eigenvalue weighted by Crippen LogP contribution is -1.97. The molecule has 2 N–H and O–H groups in total. The van der Waals surface area contributed by atoms with E-state index < -0.39 is 0 Å². The minimum atomic E-state index is 0. The van der Waals surface area contributed by atoms with Gasteiger partial charge in [-0.15, -0.1) is 12.4 Å². The Labute approximate surface area is 83.9 Å². The van der Waals surface area contributed by atoms with Crippen molar-refractivity contribution >= 4 is 24.1 Å². The fourth-order valence-electron chi connectivity index (χ4n) is 0.700. The molecule has 0 saturated carbocycles. The van der Waals surface area contributed by atoms with E-state index in [1.807, 2.05) is 0 Å². The van der Waals surface area contributed by atoms with Gasteiger partial charge in [0.05, 0.1) is 24.5 Å². The van der Waals surface area contributed by atoms with Gasteiger partial charge in [0.2, 0.25) is 0 Å². The molecule has 0 saturated heterocycles. The van der Waals surface area contributed by atoms with Gasteiger partial charge >= 0.3 is 0 Å². The molecule has 0 aliphatic rings. The van der Waals surface area contributed by atoms with Gasteiger partial charge in [0.15, 0.2) is 11.5 Å². The van der Waals surface area contributed by atoms with Crippen LogP contribution in [0.2, 0.25) is 0 Å². The summed E-state index contributed by atoms with van der Waals surface area (Å²) in [6.45, 7) is 0.265. The molecule has 0 fully saturated rings. The Kier molecular flexibility index (Phi) is 3.29. The van der Waals surface area contributed by atoms with Gasteiger partial charge in [-0.1, -0.05) is 5.16 Å². The molecule has 0 spiro atoms. The van der Waals surface area contributed by atoms with Crippen molar-refractivity contribution in [2.75, 3.05) is 0 Å². The molecular weight excluding hydrogens is 214 g/mol. The molecule has 2 aromatic rings. The van der Waals surface area contributed by atoms with Gasteiger partial charge < -0.3 is 10.3 Å². The van der Waals surface area contributed by atoms with Gasteiger partial charge in [-0.2, -0.15) is 13.7 Å². The molecule has 8 heteroatoms. The number of nitrogens with zero attached hydrogens (tertiary/aromatic N) is 4. The number of rotatable bonds is 2. The van der Waals surface area contributed by atoms with Crippen LogP contribution < -0.4 is 5.73 Å². The monoisotopic (exact) mass is 219 g/mol. The summed E-state index contributed by atoms with van der Waals surface area (Å²) < 4.78 is 12.6. The first-order valence-corrected chi connectivity index (χ1v) is 3.94. The Morgan fingerprint density at radius 3 is 2.92 bits per heavy atom. The third kappa shape index (κ3) is 2.00. The average Bonchev–Trinajstić information content (AvgIpc) is 2.75. The number of hydrogen-bond donors (Lipinski definition) is 1. The van der Waals surface area contributed by atoms with Gasteiger partial charge in [0.1, 0.15) is 0 Å². The lowest BCUT2D eigenvalue weighted by Gasteiger charge is -1.79. The fraction of sp³-hybridized carbons (Fsp3) is 0.200. The Hall–Kier alpha value is -1.05. The van der Waals surface area contributed by atoms with Crippen LogP contribution in [0.5, 0.6) is 0 Å². The van der Waals surface area contributed by atoms with E-state index in [-0.39, 0.29) is 19.0 Å². The molecule has 0 aromatic carbocycles. The molecule has 6 nitrogen and oxygen atoms in total. The fourth-order valence-corrected chi connectivity index (χ4v) is 1.11. The molecule has 70 valence electrons. The lowest BCUT2D eigenvalue weighted by molar-refractivity contribution is 0.422. The van der Waals surface area contributed by atoms with Crippen molar-refractivity contribution in [2.45, 2.75) is 6.54 Å². The second-order valence-corrected chi connectivity index (χ2v) is 2.57. The molecule has 13 heavy (non-hydrogen) atoms. The molecule has 0 aliphatic carbocycles. The maximum Gasteiger partial charge on any atom is 0.279 e. The minimum absolute atomic E-state index is 0. The van der Waals surface area contributed by atoms with Crippen LogP contribution in [0.4, 0.5) is 0 Å². The van der Waals surface area contributed by atoms with E-state index in [1.54, 1.807) is 6.20 Å². The number of hydrogen-bond acceptors (Lipinski definition) is 7. The van der Waals surface area contributed by atoms with E-state index in [1.165, 1.54) is 0 Å². The Bertz CT molecular complexity index is 361. The molecular formula is C5H6ClN5OS. The number of halogens is 1. The van der Waals surface area contributed by atoms with Gasteiger partial charge in [0, 0.05) is 0 Å². The smallest absolute Gasteiger partial charge is 0.279 e. The summed E-state index contributed by atoms with van der Waals surface area (Å²) in [5, 5.41) is 3.62. The van der Waals surface area contributed by atoms with E-state index in [2.05, 4.69) is 18.9 Å². The highest BCUT2D eigenvalue weighted by Crippen LogP contribution is 2.13. The molecule has 2 aromatic heterocycles. The van der Waals surface area contributed by atoms with Crippen LogP contribution in [0.15, 0.2) is 10.7 Å². The van der Waals surface area contributed by atoms with E-state index in [4.69, 9.17) is 10.3 Å². The van der Waals surface area contributed by atoms with Crippen molar-refractivity contribution in [3.63, 3.8) is 0 Å². The van der Waals surface area contributed by atoms with Crippen molar-refractivity contribution in [2.24, 2.45) is 5.73 Å². The second-order valence-electron chi connectivity index (χ2n) is 2.01. The van der Waals surface area contributed by atoms with Gasteiger partial charge in [-0.3, -0.25) is 0 Å². The molecule has 0 atom stereocenters. The van der Waals surface area contributed by atoms with Crippen LogP contribution in [0.3, 0.4) is 0 Å². The summed E-state index contributed by atoms with van der Waals surface area (Å²) in [6, 6.07) is 0. The minimum Gasteiger partial charge on any atom is -0.332 e. The predicted octanol–water partition coefficient (Wildman–Crippen LogP) is 0.469. The van der Waals surface area contributed by atoms with Gasteiger partial charge in [-0.25, -0.2) is 0 Å². The molecule has 2 rings (SSSR count). The van der Waals surface area contributed by atoms with Crippen molar-refractivity contribution < 1.29 is 4.52 Å². The third-order valence-corrected chi connectivity index (χ3v) is 1.71. The quantitative estimate of drug-likeness (QED) is 0.790. The Morgan fingerprint density at radius 2 is 2.38 bits per heavy atom. The predicted molar refractivity (Wildman–Crippen MR) is 48.3 cm³/mol. The van der Waals surface area contributed by atoms with E-state index >= 15 is 0 Å². The Balaban J connectivity index is 0.000000845. The highest BCUT2D eigenvalue weighted by Gasteiger charge is 2.09. The zero-order valence-electron chi connectivity index (χ0n) is 6.38. The average molecular weight is 220 g/mol. The number of aromatic nitrogens is 4. The molecule has 0 aliphatic heterocycles. The summed E-state index contributed by atoms with van der Waals surface area (Å²) in [5.41, 5.74) is 5.89. The first-order valence-electron chi connectivity index (χ1n) is 3.20. The summed E-state index contributed by atoms with van der Waals surface area (Å²) in [6.07, 6.45) is 1.57. The molecule has 0 radical (unpaired) electrons. The van der Waals surface area contributed by atoms with Crippen LogP contribution in [0.25, 0.3) is 11.6 Å². The number of nitrogens with two attached hydrogens (primary N) is 1. The highest BCUT2D eigenvalue weighted by molar-refractivity contribution is 6.99. The normalized spacial score (nSPS) is 9.62. The van der Waals surface area contributed by atoms with Crippen LogP contribution in [0, 0.1) is 0 Å². The van der Waals surface area contributed by atoms with Crippen LogP contribution in [0.1, 0.15) is 5.82 Å². The standard InChI is InChI=1S/C5H5N5OS.ClH/c6-1-4-8-5(11-9-4)3-2-7-12-10-3;/h2H,1,6H2;1H. The van der Waals surface area contributed by atoms with Crippen LogP contribution in [-0.4, -0.2) is 18.9 Å². The first kappa shape index (κ1) is 10.0. The molecule has 2 heterocycles. The largest absolute Gasteiger partial charge is 0.332 e. The second kappa shape index (κ2) is 4.26. The SMILES string of the molecule is Cl.NCc1noc(-c2cnsn2)n1. The molecule has 0 bridgehead atoms. The summed E-state index contributed by atoms with van der Waals surface area (Å²) in [4.78, 5) is 3.97. The van der Waals surface area contributed by atoms with Crippen LogP contribution in [-0.2, 0) is 6.54 Å². The topological polar surface area (TPSA) is 90.7 Å². The van der Waals surface area contributed by atoms with E-state index in [0.717, 1.165) is 11.7 Å². The highest BCUT2D eigenvalue weighted by atomic mass is 35.5. The van der Waals surface area contributed by atoms with Gasteiger partial charge in [-0.05, 0) is 0 Å². The lowest BCUT2D eigenvalue weighted by atomic mass is 10.5.